The van der Waals surface area contributed by atoms with Gasteiger partial charge in [0.15, 0.2) is 17.2 Å². The van der Waals surface area contributed by atoms with Crippen LogP contribution in [0.15, 0.2) is 158 Å². The van der Waals surface area contributed by atoms with Crippen LogP contribution in [0.3, 0.4) is 0 Å². The van der Waals surface area contributed by atoms with Gasteiger partial charge in [0, 0.05) is 80.8 Å². The predicted molar refractivity (Wildman–Crippen MR) is 444 cm³/mol. The third-order valence-electron chi connectivity index (χ3n) is 24.0. The Morgan fingerprint density at radius 1 is 0.509 bits per heavy atom. The van der Waals surface area contributed by atoms with Crippen molar-refractivity contribution in [1.82, 2.24) is 44.0 Å². The number of carboxylic acids is 1. The number of aromatic carboxylic acids is 1. The molecule has 12 heterocycles. The van der Waals surface area contributed by atoms with E-state index in [1.807, 2.05) is 72.8 Å². The lowest BCUT2D eigenvalue weighted by Gasteiger charge is -2.19. The number of hydrogen-bond donors (Lipinski definition) is 3. The lowest BCUT2D eigenvalue weighted by Crippen LogP contribution is -2.22. The van der Waals surface area contributed by atoms with Crippen LogP contribution in [0.25, 0.3) is 59.8 Å². The predicted octanol–water partition coefficient (Wildman–Crippen LogP) is 18.9. The number of nitrogens with two attached hydrogens (primary N) is 1. The highest BCUT2D eigenvalue weighted by Crippen LogP contribution is 2.44. The second-order valence-corrected chi connectivity index (χ2v) is 32.8. The molecule has 4 saturated carbocycles. The normalized spacial score (nSPS) is 23.5. The van der Waals surface area contributed by atoms with E-state index in [1.54, 1.807) is 60.9 Å². The van der Waals surface area contributed by atoms with E-state index in [4.69, 9.17) is 72.4 Å². The first kappa shape index (κ1) is 79.2. The van der Waals surface area contributed by atoms with Crippen LogP contribution >= 0.6 is 34.8 Å². The van der Waals surface area contributed by atoms with E-state index < -0.39 is 30.7 Å². The van der Waals surface area contributed by atoms with Crippen molar-refractivity contribution < 1.29 is 32.3 Å². The minimum atomic E-state index is -0.985. The van der Waals surface area contributed by atoms with Crippen molar-refractivity contribution in [2.24, 2.45) is 53.1 Å². The second-order valence-electron chi connectivity index (χ2n) is 31.5. The van der Waals surface area contributed by atoms with Crippen LogP contribution in [-0.2, 0) is 25.8 Å². The van der Waals surface area contributed by atoms with Gasteiger partial charge < -0.3 is 30.9 Å². The standard InChI is InChI=1S/C28H28ClFN4O.C17H20FN3.C17H16FN3.C10H9ClN2O2.C10H5ClN2.C7H12FN/c1-2-23-28(34-16-21(29)6-10-27(34)31-23)25(35)8-4-17-3-7-24-18(11-17)5-9-26(32-24)33-14-19-12-22(30)13-20(19)15-33;2*18-15-6-13-9-21(10-14(13)7-15)17-4-2-12-5-11(8-19)1-3-16(12)20-17;1-2-7-9(10(14)15)13-5-6(11)3-4-8(13)12-7;1-12-8-3-4-9-7(6-8)2-5-10(11)13-9;8-7-1-5-3-9-4-6(5)2-7/h3,5-7,9-11,16,19-20,22H,2,4,8,12-15H2,1H3;1-5,13-15H,6-10,19H2;1-5,13-15H,6-7,9-10H2;3-5H,2H2,1H3,(H,14,15);2-6H;5-7,9H,1-4H2. The van der Waals surface area contributed by atoms with Gasteiger partial charge in [-0.15, -0.1) is 0 Å². The van der Waals surface area contributed by atoms with E-state index in [-0.39, 0.29) is 11.5 Å². The van der Waals surface area contributed by atoms with Crippen molar-refractivity contribution in [3.05, 3.63) is 224 Å². The number of fused-ring (bicyclic) bond motifs is 10. The minimum Gasteiger partial charge on any atom is -0.477 e. The van der Waals surface area contributed by atoms with Crippen molar-refractivity contribution in [2.75, 3.05) is 67.1 Å². The van der Waals surface area contributed by atoms with E-state index in [0.29, 0.717) is 149 Å². The molecule has 8 fully saturated rings. The number of carbonyl (C=O) groups is 2. The molecule has 4 aromatic carbocycles. The van der Waals surface area contributed by atoms with Crippen LogP contribution in [0, 0.1) is 65.2 Å². The Morgan fingerprint density at radius 3 is 1.37 bits per heavy atom. The van der Waals surface area contributed by atoms with Gasteiger partial charge in [0.25, 0.3) is 0 Å². The molecule has 0 spiro atoms. The molecular formula is C89H90Cl3F4N15O3. The number of hydrogen-bond acceptors (Lipinski definition) is 14. The smallest absolute Gasteiger partial charge is 0.354 e. The number of Topliss-reactive ketones (excluding diaryl/α,β-unsaturated/α-hetero) is 1. The maximum atomic E-state index is 13.7. The zero-order valence-electron chi connectivity index (χ0n) is 63.6. The number of carboxylic acid groups (broad SMARTS) is 1. The molecule has 0 radical (unpaired) electrons. The summed E-state index contributed by atoms with van der Waals surface area (Å²) in [6.45, 7) is 18.9. The molecule has 8 atom stereocenters. The topological polar surface area (TPSA) is 216 Å². The summed E-state index contributed by atoms with van der Waals surface area (Å²) < 4.78 is 56.4. The molecule has 4 aliphatic heterocycles. The third kappa shape index (κ3) is 17.9. The van der Waals surface area contributed by atoms with Crippen LogP contribution in [0.5, 0.6) is 0 Å². The first-order chi connectivity index (χ1) is 55.2. The van der Waals surface area contributed by atoms with Crippen molar-refractivity contribution in [3.63, 3.8) is 0 Å². The molecule has 8 aromatic heterocycles. The fourth-order valence-electron chi connectivity index (χ4n) is 18.3. The van der Waals surface area contributed by atoms with Gasteiger partial charge in [-0.25, -0.2) is 57.1 Å². The Hall–Kier alpha value is -10.1. The fourth-order valence-corrected chi connectivity index (χ4v) is 18.8. The van der Waals surface area contributed by atoms with Gasteiger partial charge in [0.05, 0.1) is 61.7 Å². The SMILES string of the molecule is CCc1nc2ccc(Cl)cn2c1C(=O)CCc1ccc2nc(N3CC4CC(F)CC4C3)ccc2c1.CCc1nc2ccc(Cl)cn2c1C(=O)O.FC1CC2CNCC2C1.N#Cc1ccc2nc(N3CC4CC(F)CC4C3)ccc2c1.NCc1ccc2nc(N3CC4CC(F)CC4C3)ccc2c1.[C-]#[N+]c1ccc2nc(Cl)ccc2c1. The molecule has 0 amide bonds. The van der Waals surface area contributed by atoms with Gasteiger partial charge in [-0.05, 0) is 269 Å². The van der Waals surface area contributed by atoms with Crippen molar-refractivity contribution in [3.8, 4) is 6.07 Å². The summed E-state index contributed by atoms with van der Waals surface area (Å²) in [5.74, 6) is 6.29. The lowest BCUT2D eigenvalue weighted by atomic mass is 10.0. The molecule has 25 heteroatoms. The number of rotatable bonds is 11. The molecule has 20 rings (SSSR count). The Labute approximate surface area is 674 Å². The van der Waals surface area contributed by atoms with Crippen LogP contribution in [-0.4, -0.2) is 133 Å². The van der Waals surface area contributed by atoms with Gasteiger partial charge in [0.2, 0.25) is 0 Å². The summed E-state index contributed by atoms with van der Waals surface area (Å²) >= 11 is 17.7. The van der Waals surface area contributed by atoms with Gasteiger partial charge in [-0.1, -0.05) is 72.9 Å². The van der Waals surface area contributed by atoms with Gasteiger partial charge in [-0.2, -0.15) is 5.26 Å². The van der Waals surface area contributed by atoms with E-state index in [0.717, 1.165) is 162 Å². The average molecular weight is 1600 g/mol. The van der Waals surface area contributed by atoms with Crippen molar-refractivity contribution in [1.29, 1.82) is 5.26 Å². The molecule has 4 aliphatic carbocycles. The highest BCUT2D eigenvalue weighted by molar-refractivity contribution is 6.31. The van der Waals surface area contributed by atoms with Gasteiger partial charge in [0.1, 0.15) is 64.3 Å². The quantitative estimate of drug-likeness (QED) is 0.0475. The summed E-state index contributed by atoms with van der Waals surface area (Å²) in [5, 5.41) is 26.9. The maximum absolute atomic E-state index is 13.7. The summed E-state index contributed by atoms with van der Waals surface area (Å²) in [6, 6.07) is 48.4. The van der Waals surface area contributed by atoms with Gasteiger partial charge in [-0.3, -0.25) is 13.6 Å². The second kappa shape index (κ2) is 34.9. The van der Waals surface area contributed by atoms with E-state index in [9.17, 15) is 27.2 Å². The Morgan fingerprint density at radius 2 is 0.912 bits per heavy atom. The molecule has 18 nitrogen and oxygen atoms in total. The number of halogens is 7. The molecular weight excluding hydrogens is 1510 g/mol. The highest BCUT2D eigenvalue weighted by atomic mass is 35.5. The summed E-state index contributed by atoms with van der Waals surface area (Å²) in [7, 11) is 0. The summed E-state index contributed by atoms with van der Waals surface area (Å²) in [5.41, 5.74) is 16.4. The average Bonchev–Trinajstić information content (AvgIpc) is 1.62. The number of nitrogens with one attached hydrogen (secondary N) is 1. The molecule has 588 valence electrons. The van der Waals surface area contributed by atoms with E-state index in [1.165, 1.54) is 4.40 Å². The maximum Gasteiger partial charge on any atom is 0.354 e. The van der Waals surface area contributed by atoms with Crippen LogP contribution in [0.1, 0.15) is 121 Å². The number of ketones is 1. The molecule has 8 unspecified atom stereocenters. The monoisotopic (exact) mass is 1600 g/mol. The summed E-state index contributed by atoms with van der Waals surface area (Å²) in [4.78, 5) is 61.8. The van der Waals surface area contributed by atoms with E-state index >= 15 is 0 Å². The number of aromatic nitrogens is 8. The molecule has 12 aromatic rings. The molecule has 8 aliphatic rings. The number of aryl methyl sites for hydroxylation is 3. The van der Waals surface area contributed by atoms with Crippen molar-refractivity contribution >= 4 is 125 Å². The van der Waals surface area contributed by atoms with Gasteiger partial charge >= 0.3 is 5.97 Å². The number of nitrogens with zero attached hydrogens (tertiary/aromatic N) is 13. The Balaban J connectivity index is 0.000000113. The number of alkyl halides is 4. The molecule has 0 bridgehead atoms. The number of carbonyl (C=O) groups excluding carboxylic acids is 1. The van der Waals surface area contributed by atoms with E-state index in [2.05, 4.69) is 88.3 Å². The number of anilines is 3. The lowest BCUT2D eigenvalue weighted by molar-refractivity contribution is 0.0687. The van der Waals surface area contributed by atoms with Crippen LogP contribution < -0.4 is 25.8 Å². The first-order valence-corrected chi connectivity index (χ1v) is 40.7. The third-order valence-corrected chi connectivity index (χ3v) is 24.7. The zero-order chi connectivity index (χ0) is 79.4. The van der Waals surface area contributed by atoms with Crippen LogP contribution in [0.4, 0.5) is 40.7 Å². The Bertz CT molecular complexity index is 5590. The number of imidazole rings is 2. The van der Waals surface area contributed by atoms with Crippen molar-refractivity contribution in [2.45, 2.75) is 122 Å². The molecule has 4 N–H and O–H groups in total. The number of benzene rings is 4. The Kier molecular flexibility index (Phi) is 24.3. The first-order valence-electron chi connectivity index (χ1n) is 39.6. The van der Waals surface area contributed by atoms with Crippen LogP contribution in [0.2, 0.25) is 15.2 Å². The summed E-state index contributed by atoms with van der Waals surface area (Å²) in [6.07, 6.45) is 9.25. The molecule has 4 saturated heterocycles. The largest absolute Gasteiger partial charge is 0.477 e. The molecule has 114 heavy (non-hydrogen) atoms. The number of pyridine rings is 6. The highest BCUT2D eigenvalue weighted by Gasteiger charge is 2.44. The number of nitriles is 1. The zero-order valence-corrected chi connectivity index (χ0v) is 65.9. The minimum absolute atomic E-state index is 0.0697. The fraction of sp³-hybridized carbons (Fsp3) is 0.393.